The molecular weight excluding hydrogens is 330 g/mol. The normalized spacial score (nSPS) is 16.2. The fourth-order valence-electron chi connectivity index (χ4n) is 3.14. The van der Waals surface area contributed by atoms with Crippen LogP contribution < -0.4 is 15.5 Å². The third-order valence-electron chi connectivity index (χ3n) is 4.48. The molecule has 0 radical (unpaired) electrons. The SMILES string of the molecule is Cc1cccc(NC(=S)N[C@@H](C[NH+]2CCOCC2)c2ccccc2)c1. The molecule has 0 unspecified atom stereocenters. The molecular formula is C20H26N3OS+. The quantitative estimate of drug-likeness (QED) is 0.716. The van der Waals surface area contributed by atoms with Gasteiger partial charge in [0.05, 0.1) is 13.2 Å². The van der Waals surface area contributed by atoms with Crippen LogP contribution in [0.5, 0.6) is 0 Å². The largest absolute Gasteiger partial charge is 0.370 e. The summed E-state index contributed by atoms with van der Waals surface area (Å²) in [6.07, 6.45) is 0. The number of nitrogens with one attached hydrogen (secondary N) is 3. The zero-order valence-electron chi connectivity index (χ0n) is 14.6. The molecule has 1 aliphatic heterocycles. The van der Waals surface area contributed by atoms with E-state index in [0.717, 1.165) is 38.5 Å². The van der Waals surface area contributed by atoms with Crippen LogP contribution in [-0.2, 0) is 4.74 Å². The van der Waals surface area contributed by atoms with Gasteiger partial charge in [-0.1, -0.05) is 42.5 Å². The molecule has 5 heteroatoms. The van der Waals surface area contributed by atoms with Gasteiger partial charge in [-0.2, -0.15) is 0 Å². The summed E-state index contributed by atoms with van der Waals surface area (Å²) < 4.78 is 5.48. The Balaban J connectivity index is 1.67. The number of thiocarbonyl (C=S) groups is 1. The Labute approximate surface area is 155 Å². The van der Waals surface area contributed by atoms with Gasteiger partial charge < -0.3 is 20.3 Å². The molecule has 0 aliphatic carbocycles. The van der Waals surface area contributed by atoms with Crippen LogP contribution in [0.1, 0.15) is 17.2 Å². The summed E-state index contributed by atoms with van der Waals surface area (Å²) in [5.74, 6) is 0. The van der Waals surface area contributed by atoms with E-state index in [-0.39, 0.29) is 6.04 Å². The number of anilines is 1. The van der Waals surface area contributed by atoms with Crippen LogP contribution in [0.2, 0.25) is 0 Å². The first-order valence-electron chi connectivity index (χ1n) is 8.81. The molecule has 4 nitrogen and oxygen atoms in total. The van der Waals surface area contributed by atoms with E-state index in [1.54, 1.807) is 4.90 Å². The Bertz CT molecular complexity index is 686. The average Bonchev–Trinajstić information content (AvgIpc) is 2.63. The van der Waals surface area contributed by atoms with E-state index in [4.69, 9.17) is 17.0 Å². The molecule has 3 rings (SSSR count). The maximum atomic E-state index is 5.57. The van der Waals surface area contributed by atoms with Crippen LogP contribution >= 0.6 is 12.2 Å². The lowest BCUT2D eigenvalue weighted by Crippen LogP contribution is -3.14. The Kier molecular flexibility index (Phi) is 6.39. The first-order valence-corrected chi connectivity index (χ1v) is 9.22. The fraction of sp³-hybridized carbons (Fsp3) is 0.350. The Morgan fingerprint density at radius 1 is 1.12 bits per heavy atom. The third kappa shape index (κ3) is 5.53. The number of ether oxygens (including phenoxy) is 1. The molecule has 0 amide bonds. The van der Waals surface area contributed by atoms with Gasteiger partial charge in [0.15, 0.2) is 5.11 Å². The number of hydrogen-bond donors (Lipinski definition) is 3. The van der Waals surface area contributed by atoms with Crippen molar-refractivity contribution in [3.63, 3.8) is 0 Å². The standard InChI is InChI=1S/C20H25N3OS/c1-16-6-5-9-18(14-16)21-20(25)22-19(17-7-3-2-4-8-17)15-23-10-12-24-13-11-23/h2-9,14,19H,10-13,15H2,1H3,(H2,21,22,25)/p+1/t19-/m0/s1. The second kappa shape index (κ2) is 8.94. The van der Waals surface area contributed by atoms with Crippen LogP contribution in [0.3, 0.4) is 0 Å². The highest BCUT2D eigenvalue weighted by Gasteiger charge is 2.22. The van der Waals surface area contributed by atoms with Gasteiger partial charge in [0.2, 0.25) is 0 Å². The molecule has 1 heterocycles. The summed E-state index contributed by atoms with van der Waals surface area (Å²) in [7, 11) is 0. The van der Waals surface area contributed by atoms with Gasteiger partial charge in [-0.05, 0) is 42.4 Å². The molecule has 132 valence electrons. The predicted octanol–water partition coefficient (Wildman–Crippen LogP) is 1.94. The van der Waals surface area contributed by atoms with Crippen molar-refractivity contribution in [1.29, 1.82) is 0 Å². The van der Waals surface area contributed by atoms with Crippen molar-refractivity contribution in [3.8, 4) is 0 Å². The first kappa shape index (κ1) is 17.9. The van der Waals surface area contributed by atoms with Crippen LogP contribution in [-0.4, -0.2) is 38.0 Å². The minimum absolute atomic E-state index is 0.180. The third-order valence-corrected chi connectivity index (χ3v) is 4.70. The number of benzene rings is 2. The van der Waals surface area contributed by atoms with Crippen LogP contribution in [0.4, 0.5) is 5.69 Å². The van der Waals surface area contributed by atoms with E-state index >= 15 is 0 Å². The Hall–Kier alpha value is -1.95. The molecule has 1 saturated heterocycles. The van der Waals surface area contributed by atoms with E-state index in [9.17, 15) is 0 Å². The Morgan fingerprint density at radius 2 is 1.88 bits per heavy atom. The molecule has 0 bridgehead atoms. The van der Waals surface area contributed by atoms with Gasteiger partial charge in [0.1, 0.15) is 25.7 Å². The second-order valence-corrected chi connectivity index (χ2v) is 6.91. The molecule has 0 spiro atoms. The van der Waals surface area contributed by atoms with Gasteiger partial charge in [0.25, 0.3) is 0 Å². The van der Waals surface area contributed by atoms with Crippen molar-refractivity contribution < 1.29 is 9.64 Å². The minimum Gasteiger partial charge on any atom is -0.370 e. The van der Waals surface area contributed by atoms with E-state index in [1.807, 2.05) is 18.2 Å². The Morgan fingerprint density at radius 3 is 2.60 bits per heavy atom. The maximum absolute atomic E-state index is 5.57. The molecule has 25 heavy (non-hydrogen) atoms. The number of aryl methyl sites for hydroxylation is 1. The van der Waals surface area contributed by atoms with Crippen molar-refractivity contribution in [1.82, 2.24) is 5.32 Å². The summed E-state index contributed by atoms with van der Waals surface area (Å²) in [5.41, 5.74) is 3.49. The van der Waals surface area contributed by atoms with Gasteiger partial charge in [0, 0.05) is 5.69 Å². The fourth-order valence-corrected chi connectivity index (χ4v) is 3.40. The monoisotopic (exact) mass is 356 g/mol. The average molecular weight is 357 g/mol. The minimum atomic E-state index is 0.180. The van der Waals surface area contributed by atoms with Crippen molar-refractivity contribution in [2.75, 3.05) is 38.2 Å². The van der Waals surface area contributed by atoms with E-state index < -0.39 is 0 Å². The molecule has 1 aliphatic rings. The summed E-state index contributed by atoms with van der Waals surface area (Å²) >= 11 is 5.57. The van der Waals surface area contributed by atoms with Gasteiger partial charge in [-0.25, -0.2) is 0 Å². The second-order valence-electron chi connectivity index (χ2n) is 6.50. The smallest absolute Gasteiger partial charge is 0.171 e. The van der Waals surface area contributed by atoms with Crippen molar-refractivity contribution in [2.45, 2.75) is 13.0 Å². The van der Waals surface area contributed by atoms with Crippen molar-refractivity contribution in [2.24, 2.45) is 0 Å². The van der Waals surface area contributed by atoms with Gasteiger partial charge in [-0.3, -0.25) is 0 Å². The summed E-state index contributed by atoms with van der Waals surface area (Å²) in [6.45, 7) is 6.83. The number of quaternary nitrogens is 1. The molecule has 1 fully saturated rings. The highest BCUT2D eigenvalue weighted by molar-refractivity contribution is 7.80. The molecule has 0 aromatic heterocycles. The molecule has 2 aromatic carbocycles. The van der Waals surface area contributed by atoms with E-state index in [2.05, 4.69) is 54.0 Å². The molecule has 1 atom stereocenters. The topological polar surface area (TPSA) is 37.7 Å². The van der Waals surface area contributed by atoms with E-state index in [1.165, 1.54) is 11.1 Å². The maximum Gasteiger partial charge on any atom is 0.171 e. The van der Waals surface area contributed by atoms with Crippen LogP contribution in [0.25, 0.3) is 0 Å². The highest BCUT2D eigenvalue weighted by Crippen LogP contribution is 2.13. The molecule has 2 aromatic rings. The van der Waals surface area contributed by atoms with Crippen molar-refractivity contribution >= 4 is 23.0 Å². The lowest BCUT2D eigenvalue weighted by atomic mass is 10.1. The summed E-state index contributed by atoms with van der Waals surface area (Å²) in [6, 6.07) is 18.9. The number of morpholine rings is 1. The van der Waals surface area contributed by atoms with Crippen LogP contribution in [0, 0.1) is 6.92 Å². The molecule has 0 saturated carbocycles. The lowest BCUT2D eigenvalue weighted by molar-refractivity contribution is -0.909. The highest BCUT2D eigenvalue weighted by atomic mass is 32.1. The zero-order chi connectivity index (χ0) is 17.5. The zero-order valence-corrected chi connectivity index (χ0v) is 15.4. The molecule has 3 N–H and O–H groups in total. The number of rotatable bonds is 5. The first-order chi connectivity index (χ1) is 12.2. The van der Waals surface area contributed by atoms with Crippen LogP contribution in [0.15, 0.2) is 54.6 Å². The van der Waals surface area contributed by atoms with Crippen molar-refractivity contribution in [3.05, 3.63) is 65.7 Å². The van der Waals surface area contributed by atoms with Gasteiger partial charge in [-0.15, -0.1) is 0 Å². The van der Waals surface area contributed by atoms with E-state index in [0.29, 0.717) is 5.11 Å². The predicted molar refractivity (Wildman–Crippen MR) is 106 cm³/mol. The number of hydrogen-bond acceptors (Lipinski definition) is 2. The summed E-state index contributed by atoms with van der Waals surface area (Å²) in [5, 5.41) is 7.47. The van der Waals surface area contributed by atoms with Gasteiger partial charge >= 0.3 is 0 Å². The lowest BCUT2D eigenvalue weighted by Gasteiger charge is -2.29. The summed E-state index contributed by atoms with van der Waals surface area (Å²) in [4.78, 5) is 1.55.